The lowest BCUT2D eigenvalue weighted by Gasteiger charge is -2.24. The minimum atomic E-state index is -0.970. The van der Waals surface area contributed by atoms with E-state index in [9.17, 15) is 4.21 Å². The molecule has 1 saturated heterocycles. The van der Waals surface area contributed by atoms with Crippen LogP contribution in [0.2, 0.25) is 0 Å². The van der Waals surface area contributed by atoms with Crippen LogP contribution < -0.4 is 10.0 Å². The largest absolute Gasteiger partial charge is 0.314 e. The summed E-state index contributed by atoms with van der Waals surface area (Å²) in [7, 11) is 1.71. The Bertz CT molecular complexity index is 124. The van der Waals surface area contributed by atoms with Crippen molar-refractivity contribution in [2.24, 2.45) is 0 Å². The Morgan fingerprint density at radius 2 is 2.10 bits per heavy atom. The third kappa shape index (κ3) is 2.02. The van der Waals surface area contributed by atoms with Crippen molar-refractivity contribution in [1.82, 2.24) is 14.3 Å². The van der Waals surface area contributed by atoms with Crippen LogP contribution in [0.3, 0.4) is 0 Å². The molecule has 5 heteroatoms. The molecule has 1 rings (SSSR count). The molecule has 1 aliphatic rings. The van der Waals surface area contributed by atoms with Gasteiger partial charge in [0.25, 0.3) is 0 Å². The number of nitrogens with zero attached hydrogens (tertiary/aromatic N) is 1. The molecule has 1 atom stereocenters. The van der Waals surface area contributed by atoms with Crippen LogP contribution in [0.1, 0.15) is 0 Å². The van der Waals surface area contributed by atoms with Crippen LogP contribution in [0, 0.1) is 0 Å². The predicted molar refractivity (Wildman–Crippen MR) is 41.6 cm³/mol. The summed E-state index contributed by atoms with van der Waals surface area (Å²) < 4.78 is 15.7. The average molecular weight is 163 g/mol. The van der Waals surface area contributed by atoms with Crippen LogP contribution in [-0.2, 0) is 11.2 Å². The van der Waals surface area contributed by atoms with Crippen molar-refractivity contribution in [2.45, 2.75) is 0 Å². The van der Waals surface area contributed by atoms with Crippen molar-refractivity contribution in [3.8, 4) is 0 Å². The van der Waals surface area contributed by atoms with Crippen LogP contribution in [-0.4, -0.2) is 41.7 Å². The van der Waals surface area contributed by atoms with E-state index in [0.29, 0.717) is 0 Å². The van der Waals surface area contributed by atoms with Crippen molar-refractivity contribution >= 4 is 11.2 Å². The first-order valence-electron chi connectivity index (χ1n) is 3.39. The SMILES string of the molecule is CNS(=O)N1CCNCC1. The third-order valence-corrected chi connectivity index (χ3v) is 2.67. The summed E-state index contributed by atoms with van der Waals surface area (Å²) in [5.41, 5.74) is 0. The molecule has 0 saturated carbocycles. The molecular formula is C5H13N3OS. The highest BCUT2D eigenvalue weighted by Gasteiger charge is 2.13. The first-order valence-corrected chi connectivity index (χ1v) is 4.50. The van der Waals surface area contributed by atoms with Crippen LogP contribution in [0.25, 0.3) is 0 Å². The Labute approximate surface area is 63.7 Å². The summed E-state index contributed by atoms with van der Waals surface area (Å²) in [6.07, 6.45) is 0. The number of nitrogens with one attached hydrogen (secondary N) is 2. The predicted octanol–water partition coefficient (Wildman–Crippen LogP) is -1.31. The Morgan fingerprint density at radius 3 is 2.60 bits per heavy atom. The highest BCUT2D eigenvalue weighted by Crippen LogP contribution is 1.93. The molecule has 60 valence electrons. The Morgan fingerprint density at radius 1 is 1.50 bits per heavy atom. The molecule has 0 aromatic heterocycles. The fraction of sp³-hybridized carbons (Fsp3) is 1.00. The Kier molecular flexibility index (Phi) is 3.27. The second kappa shape index (κ2) is 4.02. The zero-order chi connectivity index (χ0) is 7.40. The number of rotatable bonds is 2. The van der Waals surface area contributed by atoms with E-state index in [-0.39, 0.29) is 0 Å². The van der Waals surface area contributed by atoms with Gasteiger partial charge in [-0.2, -0.15) is 0 Å². The normalized spacial score (nSPS) is 24.5. The van der Waals surface area contributed by atoms with Crippen LogP contribution >= 0.6 is 0 Å². The second-order valence-corrected chi connectivity index (χ2v) is 3.56. The highest BCUT2D eigenvalue weighted by molar-refractivity contribution is 7.80. The van der Waals surface area contributed by atoms with Crippen molar-refractivity contribution in [3.05, 3.63) is 0 Å². The molecule has 1 unspecified atom stereocenters. The molecule has 0 aromatic rings. The first-order chi connectivity index (χ1) is 4.84. The summed E-state index contributed by atoms with van der Waals surface area (Å²) in [6.45, 7) is 3.61. The van der Waals surface area contributed by atoms with Crippen LogP contribution in [0.5, 0.6) is 0 Å². The van der Waals surface area contributed by atoms with Gasteiger partial charge in [-0.05, 0) is 7.05 Å². The molecule has 0 spiro atoms. The maximum absolute atomic E-state index is 11.1. The lowest BCUT2D eigenvalue weighted by Crippen LogP contribution is -2.46. The van der Waals surface area contributed by atoms with Gasteiger partial charge in [0.15, 0.2) is 11.2 Å². The van der Waals surface area contributed by atoms with Gasteiger partial charge >= 0.3 is 0 Å². The molecule has 0 aliphatic carbocycles. The fourth-order valence-electron chi connectivity index (χ4n) is 0.939. The third-order valence-electron chi connectivity index (χ3n) is 1.49. The van der Waals surface area contributed by atoms with Crippen LogP contribution in [0.15, 0.2) is 0 Å². The topological polar surface area (TPSA) is 44.4 Å². The maximum Gasteiger partial charge on any atom is 0.169 e. The summed E-state index contributed by atoms with van der Waals surface area (Å²) in [4.78, 5) is 0. The van der Waals surface area contributed by atoms with Gasteiger partial charge in [-0.3, -0.25) is 0 Å². The van der Waals surface area contributed by atoms with Gasteiger partial charge in [0.2, 0.25) is 0 Å². The van der Waals surface area contributed by atoms with Gasteiger partial charge in [-0.15, -0.1) is 0 Å². The number of piperazine rings is 1. The van der Waals surface area contributed by atoms with E-state index in [2.05, 4.69) is 10.0 Å². The van der Waals surface area contributed by atoms with Gasteiger partial charge in [0.1, 0.15) is 0 Å². The lowest BCUT2D eigenvalue weighted by atomic mass is 10.4. The molecule has 1 heterocycles. The lowest BCUT2D eigenvalue weighted by molar-refractivity contribution is 0.378. The molecule has 10 heavy (non-hydrogen) atoms. The van der Waals surface area contributed by atoms with E-state index >= 15 is 0 Å². The summed E-state index contributed by atoms with van der Waals surface area (Å²) in [5.74, 6) is 0. The fourth-order valence-corrected chi connectivity index (χ4v) is 1.71. The number of hydrogen-bond donors (Lipinski definition) is 2. The van der Waals surface area contributed by atoms with Crippen molar-refractivity contribution < 1.29 is 4.21 Å². The van der Waals surface area contributed by atoms with Gasteiger partial charge in [-0.1, -0.05) is 0 Å². The standard InChI is InChI=1S/C5H13N3OS/c1-6-10(9)8-4-2-7-3-5-8/h6-7H,2-5H2,1H3. The van der Waals surface area contributed by atoms with Gasteiger partial charge in [0, 0.05) is 26.2 Å². The molecule has 0 bridgehead atoms. The summed E-state index contributed by atoms with van der Waals surface area (Å²) in [6, 6.07) is 0. The molecule has 1 fully saturated rings. The average Bonchev–Trinajstić information content (AvgIpc) is 2.05. The summed E-state index contributed by atoms with van der Waals surface area (Å²) in [5, 5.41) is 3.19. The zero-order valence-corrected chi connectivity index (χ0v) is 6.91. The summed E-state index contributed by atoms with van der Waals surface area (Å²) >= 11 is -0.970. The molecule has 0 radical (unpaired) electrons. The monoisotopic (exact) mass is 163 g/mol. The van der Waals surface area contributed by atoms with E-state index in [1.807, 2.05) is 4.31 Å². The smallest absolute Gasteiger partial charge is 0.169 e. The Hall–Kier alpha value is 0.0300. The van der Waals surface area contributed by atoms with E-state index in [1.54, 1.807) is 7.05 Å². The van der Waals surface area contributed by atoms with E-state index in [0.717, 1.165) is 26.2 Å². The first kappa shape index (κ1) is 8.13. The molecule has 0 aromatic carbocycles. The van der Waals surface area contributed by atoms with Gasteiger partial charge in [0.05, 0.1) is 0 Å². The minimum absolute atomic E-state index is 0.869. The quantitative estimate of drug-likeness (QED) is 0.531. The number of hydrogen-bond acceptors (Lipinski definition) is 2. The maximum atomic E-state index is 11.1. The van der Waals surface area contributed by atoms with E-state index in [1.165, 1.54) is 0 Å². The van der Waals surface area contributed by atoms with Crippen LogP contribution in [0.4, 0.5) is 0 Å². The van der Waals surface area contributed by atoms with Gasteiger partial charge < -0.3 is 5.32 Å². The molecule has 0 amide bonds. The molecular weight excluding hydrogens is 150 g/mol. The second-order valence-electron chi connectivity index (χ2n) is 2.13. The molecule has 1 aliphatic heterocycles. The minimum Gasteiger partial charge on any atom is -0.314 e. The molecule has 4 nitrogen and oxygen atoms in total. The van der Waals surface area contributed by atoms with Crippen molar-refractivity contribution in [2.75, 3.05) is 33.2 Å². The van der Waals surface area contributed by atoms with Gasteiger partial charge in [-0.25, -0.2) is 13.2 Å². The van der Waals surface area contributed by atoms with Crippen molar-refractivity contribution in [1.29, 1.82) is 0 Å². The highest BCUT2D eigenvalue weighted by atomic mass is 32.2. The van der Waals surface area contributed by atoms with E-state index < -0.39 is 11.2 Å². The molecule has 2 N–H and O–H groups in total. The zero-order valence-electron chi connectivity index (χ0n) is 6.09. The van der Waals surface area contributed by atoms with E-state index in [4.69, 9.17) is 0 Å². The Balaban J connectivity index is 2.31. The van der Waals surface area contributed by atoms with Crippen molar-refractivity contribution in [3.63, 3.8) is 0 Å².